The summed E-state index contributed by atoms with van der Waals surface area (Å²) >= 11 is 4.94. The van der Waals surface area contributed by atoms with E-state index in [2.05, 4.69) is 21.0 Å². The Morgan fingerprint density at radius 1 is 1.36 bits per heavy atom. The average molecular weight is 349 g/mol. The Kier molecular flexibility index (Phi) is 3.20. The molecule has 0 radical (unpaired) electrons. The van der Waals surface area contributed by atoms with E-state index < -0.39 is 0 Å². The van der Waals surface area contributed by atoms with Gasteiger partial charge in [0.1, 0.15) is 11.8 Å². The molecule has 0 bridgehead atoms. The minimum absolute atomic E-state index is 0.169. The molecule has 25 heavy (non-hydrogen) atoms. The maximum atomic E-state index is 13.1. The normalized spacial score (nSPS) is 12.1. The molecular formula is C17H11N5O2S. The number of fused-ring (bicyclic) bond motifs is 3. The van der Waals surface area contributed by atoms with Crippen LogP contribution in [0.3, 0.4) is 0 Å². The second-order valence-electron chi connectivity index (χ2n) is 5.58. The first kappa shape index (κ1) is 15.1. The van der Waals surface area contributed by atoms with E-state index in [-0.39, 0.29) is 27.1 Å². The van der Waals surface area contributed by atoms with Gasteiger partial charge in [-0.2, -0.15) is 5.26 Å². The lowest BCUT2D eigenvalue weighted by atomic mass is 10.1. The number of hydrogen-bond donors (Lipinski definition) is 3. The van der Waals surface area contributed by atoms with Gasteiger partial charge in [0.25, 0.3) is 5.56 Å². The lowest BCUT2D eigenvalue weighted by Gasteiger charge is -2.02. The highest BCUT2D eigenvalue weighted by atomic mass is 32.1. The maximum absolute atomic E-state index is 13.1. The molecule has 0 saturated carbocycles. The Balaban J connectivity index is 2.25. The second kappa shape index (κ2) is 5.29. The van der Waals surface area contributed by atoms with Gasteiger partial charge in [-0.05, 0) is 42.9 Å². The van der Waals surface area contributed by atoms with E-state index in [1.54, 1.807) is 25.1 Å². The summed E-state index contributed by atoms with van der Waals surface area (Å²) in [5, 5.41) is 19.7. The first-order chi connectivity index (χ1) is 12.0. The molecule has 122 valence electrons. The van der Waals surface area contributed by atoms with Gasteiger partial charge in [-0.1, -0.05) is 12.1 Å². The summed E-state index contributed by atoms with van der Waals surface area (Å²) in [7, 11) is 0. The van der Waals surface area contributed by atoms with Crippen molar-refractivity contribution in [1.29, 1.82) is 5.26 Å². The molecule has 0 unspecified atom stereocenters. The minimum Gasteiger partial charge on any atom is -0.493 e. The van der Waals surface area contributed by atoms with Crippen LogP contribution in [0.4, 0.5) is 0 Å². The van der Waals surface area contributed by atoms with Gasteiger partial charge in [0.15, 0.2) is 10.4 Å². The molecule has 0 aliphatic carbocycles. The number of rotatable bonds is 1. The van der Waals surface area contributed by atoms with Crippen LogP contribution in [0.1, 0.15) is 16.8 Å². The zero-order valence-electron chi connectivity index (χ0n) is 13.0. The number of nitrogens with one attached hydrogen (secondary N) is 2. The molecule has 0 spiro atoms. The lowest BCUT2D eigenvalue weighted by Crippen LogP contribution is -2.34. The quantitative estimate of drug-likeness (QED) is 0.453. The summed E-state index contributed by atoms with van der Waals surface area (Å²) in [6, 6.07) is 9.32. The fraction of sp³-hybridized carbons (Fsp3) is 0.0588. The van der Waals surface area contributed by atoms with Crippen LogP contribution in [0.15, 0.2) is 29.1 Å². The van der Waals surface area contributed by atoms with Crippen molar-refractivity contribution in [2.24, 2.45) is 0 Å². The zero-order chi connectivity index (χ0) is 17.7. The number of nitriles is 1. The highest BCUT2D eigenvalue weighted by Gasteiger charge is 2.16. The van der Waals surface area contributed by atoms with Gasteiger partial charge in [0, 0.05) is 5.22 Å². The number of H-pyrrole nitrogens is 2. The van der Waals surface area contributed by atoms with Crippen molar-refractivity contribution in [3.8, 4) is 11.9 Å². The largest absolute Gasteiger partial charge is 0.493 e. The molecule has 0 aliphatic heterocycles. The van der Waals surface area contributed by atoms with E-state index in [0.29, 0.717) is 27.8 Å². The van der Waals surface area contributed by atoms with Crippen molar-refractivity contribution < 1.29 is 5.11 Å². The summed E-state index contributed by atoms with van der Waals surface area (Å²) in [6.45, 7) is 1.68. The third-order valence-corrected chi connectivity index (χ3v) is 4.34. The third kappa shape index (κ3) is 2.14. The van der Waals surface area contributed by atoms with Crippen LogP contribution in [0.25, 0.3) is 22.8 Å². The van der Waals surface area contributed by atoms with Crippen LogP contribution in [0, 0.1) is 23.0 Å². The van der Waals surface area contributed by atoms with Crippen LogP contribution in [-0.4, -0.2) is 24.5 Å². The van der Waals surface area contributed by atoms with E-state index >= 15 is 0 Å². The van der Waals surface area contributed by atoms with Gasteiger partial charge in [-0.15, -0.1) is 0 Å². The molecule has 0 atom stereocenters. The van der Waals surface area contributed by atoms with E-state index in [1.165, 1.54) is 10.5 Å². The first-order valence-corrected chi connectivity index (χ1v) is 7.79. The smallest absolute Gasteiger partial charge is 0.264 e. The Hall–Kier alpha value is -3.44. The van der Waals surface area contributed by atoms with Crippen molar-refractivity contribution in [1.82, 2.24) is 19.4 Å². The topological polar surface area (TPSA) is 110 Å². The minimum atomic E-state index is -0.319. The molecule has 3 heterocycles. The summed E-state index contributed by atoms with van der Waals surface area (Å²) in [6.07, 6.45) is 1.48. The number of aromatic amines is 2. The fourth-order valence-corrected chi connectivity index (χ4v) is 3.13. The summed E-state index contributed by atoms with van der Waals surface area (Å²) in [5.74, 6) is -0.169. The molecule has 1 aromatic carbocycles. The van der Waals surface area contributed by atoms with Gasteiger partial charge in [0.05, 0.1) is 16.6 Å². The van der Waals surface area contributed by atoms with Crippen molar-refractivity contribution in [2.75, 3.05) is 0 Å². The number of imidazole rings is 2. The van der Waals surface area contributed by atoms with Crippen molar-refractivity contribution in [3.63, 3.8) is 0 Å². The Morgan fingerprint density at radius 3 is 2.80 bits per heavy atom. The number of para-hydroxylation sites is 2. The molecule has 3 aromatic heterocycles. The van der Waals surface area contributed by atoms with E-state index in [0.717, 1.165) is 0 Å². The van der Waals surface area contributed by atoms with Gasteiger partial charge in [-0.3, -0.25) is 9.20 Å². The SMILES string of the molecule is Cc1c(C#N)c2nc3ccccc3n2c(=O)c1=Cc1[nH]c(=S)[nH]c1O. The summed E-state index contributed by atoms with van der Waals surface area (Å²) in [5.41, 5.74) is 2.36. The van der Waals surface area contributed by atoms with Crippen LogP contribution >= 0.6 is 12.2 Å². The average Bonchev–Trinajstić information content (AvgIpc) is 3.11. The Morgan fingerprint density at radius 2 is 2.12 bits per heavy atom. The van der Waals surface area contributed by atoms with Crippen molar-refractivity contribution in [3.05, 3.63) is 61.4 Å². The zero-order valence-corrected chi connectivity index (χ0v) is 13.8. The monoisotopic (exact) mass is 349 g/mol. The van der Waals surface area contributed by atoms with Gasteiger partial charge in [0.2, 0.25) is 5.88 Å². The van der Waals surface area contributed by atoms with Crippen molar-refractivity contribution in [2.45, 2.75) is 6.92 Å². The number of nitrogens with zero attached hydrogens (tertiary/aromatic N) is 3. The molecule has 0 saturated heterocycles. The molecule has 8 heteroatoms. The predicted molar refractivity (Wildman–Crippen MR) is 94.8 cm³/mol. The Labute approximate surface area is 145 Å². The summed E-state index contributed by atoms with van der Waals surface area (Å²) < 4.78 is 1.66. The first-order valence-electron chi connectivity index (χ1n) is 7.38. The molecule has 0 amide bonds. The Bertz CT molecular complexity index is 1370. The molecule has 7 nitrogen and oxygen atoms in total. The number of pyridine rings is 1. The van der Waals surface area contributed by atoms with E-state index in [1.807, 2.05) is 6.07 Å². The third-order valence-electron chi connectivity index (χ3n) is 4.13. The van der Waals surface area contributed by atoms with Gasteiger partial charge in [-0.25, -0.2) is 4.98 Å². The van der Waals surface area contributed by atoms with Gasteiger partial charge >= 0.3 is 0 Å². The standard InChI is InChI=1S/C17H11N5O2S/c1-8-9(6-12-15(23)21-17(25)20-12)16(24)22-13-5-3-2-4-11(13)19-14(22)10(8)7-18/h2-6,23H,1H3,(H2,20,21,25). The molecule has 0 aliphatic rings. The highest BCUT2D eigenvalue weighted by Crippen LogP contribution is 2.18. The summed E-state index contributed by atoms with van der Waals surface area (Å²) in [4.78, 5) is 22.8. The van der Waals surface area contributed by atoms with Crippen molar-refractivity contribution >= 4 is 35.0 Å². The van der Waals surface area contributed by atoms with E-state index in [9.17, 15) is 15.2 Å². The molecule has 0 fully saturated rings. The number of aromatic hydroxyl groups is 1. The molecule has 3 N–H and O–H groups in total. The fourth-order valence-electron chi connectivity index (χ4n) is 2.92. The molecular weight excluding hydrogens is 338 g/mol. The van der Waals surface area contributed by atoms with Crippen LogP contribution in [0.5, 0.6) is 5.88 Å². The van der Waals surface area contributed by atoms with Crippen LogP contribution in [-0.2, 0) is 0 Å². The lowest BCUT2D eigenvalue weighted by molar-refractivity contribution is 0.455. The molecule has 4 rings (SSSR count). The number of aromatic nitrogens is 4. The van der Waals surface area contributed by atoms with Crippen LogP contribution < -0.4 is 10.8 Å². The van der Waals surface area contributed by atoms with E-state index in [4.69, 9.17) is 12.2 Å². The number of hydrogen-bond acceptors (Lipinski definition) is 5. The number of benzene rings is 1. The highest BCUT2D eigenvalue weighted by molar-refractivity contribution is 7.71. The molecule has 4 aromatic rings. The maximum Gasteiger partial charge on any atom is 0.264 e. The second-order valence-corrected chi connectivity index (χ2v) is 5.98. The van der Waals surface area contributed by atoms with Gasteiger partial charge < -0.3 is 15.1 Å². The predicted octanol–water partition coefficient (Wildman–Crippen LogP) is 1.67. The van der Waals surface area contributed by atoms with Crippen LogP contribution in [0.2, 0.25) is 0 Å².